The van der Waals surface area contributed by atoms with E-state index in [1.165, 1.54) is 205 Å². The molecule has 1 atom stereocenters. The molecule has 82 heavy (non-hydrogen) atoms. The number of ether oxygens (including phenoxy) is 3. The second-order valence-corrected chi connectivity index (χ2v) is 23.8. The monoisotopic (exact) mass is 1140 g/mol. The Morgan fingerprint density at radius 1 is 0.256 bits per heavy atom. The predicted molar refractivity (Wildman–Crippen MR) is 358 cm³/mol. The summed E-state index contributed by atoms with van der Waals surface area (Å²) in [6.07, 6.45) is 93.2. The van der Waals surface area contributed by atoms with E-state index in [0.717, 1.165) is 116 Å². The summed E-state index contributed by atoms with van der Waals surface area (Å²) in [6, 6.07) is 0. The van der Waals surface area contributed by atoms with Gasteiger partial charge in [0.15, 0.2) is 6.10 Å². The fourth-order valence-corrected chi connectivity index (χ4v) is 10.3. The summed E-state index contributed by atoms with van der Waals surface area (Å²) in [5, 5.41) is 0. The van der Waals surface area contributed by atoms with E-state index in [2.05, 4.69) is 106 Å². The lowest BCUT2D eigenvalue weighted by molar-refractivity contribution is -0.167. The van der Waals surface area contributed by atoms with Crippen molar-refractivity contribution >= 4 is 17.9 Å². The summed E-state index contributed by atoms with van der Waals surface area (Å²) in [4.78, 5) is 38.5. The molecule has 0 aromatic rings. The first-order chi connectivity index (χ1) is 40.5. The zero-order valence-corrected chi connectivity index (χ0v) is 54.5. The minimum Gasteiger partial charge on any atom is -0.462 e. The SMILES string of the molecule is CC/C=C\C/C=C\C/C=C\C/C=C\C/C=C\C/C=C\CCCCCCCCC(=O)OCC(COC(=O)CCCCCCC/C=C\CCCCCCCCC)OC(=O)CCCCCCCCCCCCCCCCCCCCCCCCC. The van der Waals surface area contributed by atoms with Gasteiger partial charge in [-0.25, -0.2) is 0 Å². The first kappa shape index (κ1) is 78.6. The lowest BCUT2D eigenvalue weighted by Crippen LogP contribution is -2.30. The molecule has 0 bridgehead atoms. The van der Waals surface area contributed by atoms with Gasteiger partial charge in [0, 0.05) is 19.3 Å². The topological polar surface area (TPSA) is 78.9 Å². The molecule has 0 spiro atoms. The molecule has 0 fully saturated rings. The summed E-state index contributed by atoms with van der Waals surface area (Å²) in [7, 11) is 0. The highest BCUT2D eigenvalue weighted by Crippen LogP contribution is 2.18. The average Bonchev–Trinajstić information content (AvgIpc) is 3.47. The smallest absolute Gasteiger partial charge is 0.306 e. The molecular formula is C76H134O6. The summed E-state index contributed by atoms with van der Waals surface area (Å²) < 4.78 is 17.0. The van der Waals surface area contributed by atoms with E-state index in [1.807, 2.05) is 0 Å². The van der Waals surface area contributed by atoms with Crippen LogP contribution in [0.25, 0.3) is 0 Å². The van der Waals surface area contributed by atoms with E-state index in [1.54, 1.807) is 0 Å². The average molecular weight is 1140 g/mol. The lowest BCUT2D eigenvalue weighted by Gasteiger charge is -2.18. The van der Waals surface area contributed by atoms with Gasteiger partial charge in [-0.05, 0) is 96.3 Å². The standard InChI is InChI=1S/C76H134O6/c1-4-7-10-13-16-19-22-25-28-31-33-35-37-38-40-41-43-45-48-51-54-57-60-63-66-69-75(78)81-72-73(71-80-74(77)68-65-62-59-56-53-50-47-30-27-24-21-18-15-12-9-6-3)82-76(79)70-67-64-61-58-55-52-49-46-44-42-39-36-34-32-29-26-23-20-17-14-11-8-5-2/h7,10,16,19,25,28,30,33,35,38,40,43,45,47,73H,4-6,8-9,11-15,17-18,20-24,26-27,29,31-32,34,36-37,39,41-42,44,46,48-72H2,1-3H3/b10-7-,19-16-,28-25-,35-33-,40-38-,45-43-,47-30-. The number of hydrogen-bond donors (Lipinski definition) is 0. The molecule has 0 aliphatic rings. The lowest BCUT2D eigenvalue weighted by atomic mass is 10.0. The Kier molecular flexibility index (Phi) is 67.2. The van der Waals surface area contributed by atoms with Crippen molar-refractivity contribution in [3.63, 3.8) is 0 Å². The molecule has 6 nitrogen and oxygen atoms in total. The van der Waals surface area contributed by atoms with Crippen LogP contribution in [0.2, 0.25) is 0 Å². The zero-order chi connectivity index (χ0) is 59.2. The van der Waals surface area contributed by atoms with Gasteiger partial charge in [-0.15, -0.1) is 0 Å². The number of rotatable bonds is 65. The van der Waals surface area contributed by atoms with Crippen LogP contribution in [0.1, 0.15) is 361 Å². The highest BCUT2D eigenvalue weighted by Gasteiger charge is 2.19. The van der Waals surface area contributed by atoms with E-state index < -0.39 is 6.10 Å². The van der Waals surface area contributed by atoms with Crippen LogP contribution in [-0.4, -0.2) is 37.2 Å². The van der Waals surface area contributed by atoms with Crippen molar-refractivity contribution in [1.82, 2.24) is 0 Å². The molecule has 0 heterocycles. The quantitative estimate of drug-likeness (QED) is 0.0261. The molecule has 0 aliphatic heterocycles. The molecule has 6 heteroatoms. The third-order valence-electron chi connectivity index (χ3n) is 15.6. The predicted octanol–water partition coefficient (Wildman–Crippen LogP) is 24.6. The fraction of sp³-hybridized carbons (Fsp3) is 0.776. The number of hydrogen-bond acceptors (Lipinski definition) is 6. The van der Waals surface area contributed by atoms with Crippen LogP contribution >= 0.6 is 0 Å². The molecule has 1 unspecified atom stereocenters. The summed E-state index contributed by atoms with van der Waals surface area (Å²) in [6.45, 7) is 6.56. The molecule has 474 valence electrons. The first-order valence-corrected chi connectivity index (χ1v) is 35.6. The Hall–Kier alpha value is -3.41. The van der Waals surface area contributed by atoms with Crippen LogP contribution in [0.5, 0.6) is 0 Å². The van der Waals surface area contributed by atoms with Crippen molar-refractivity contribution < 1.29 is 28.6 Å². The van der Waals surface area contributed by atoms with Gasteiger partial charge in [-0.2, -0.15) is 0 Å². The van der Waals surface area contributed by atoms with Crippen LogP contribution < -0.4 is 0 Å². The molecule has 0 N–H and O–H groups in total. The summed E-state index contributed by atoms with van der Waals surface area (Å²) in [5.41, 5.74) is 0. The van der Waals surface area contributed by atoms with Crippen LogP contribution in [0.3, 0.4) is 0 Å². The Bertz CT molecular complexity index is 1550. The molecule has 0 aliphatic carbocycles. The molecule has 0 saturated carbocycles. The van der Waals surface area contributed by atoms with E-state index >= 15 is 0 Å². The Morgan fingerprint density at radius 2 is 0.476 bits per heavy atom. The van der Waals surface area contributed by atoms with Gasteiger partial charge in [0.2, 0.25) is 0 Å². The second kappa shape index (κ2) is 70.1. The van der Waals surface area contributed by atoms with Gasteiger partial charge < -0.3 is 14.2 Å². The largest absolute Gasteiger partial charge is 0.462 e. The number of esters is 3. The maximum Gasteiger partial charge on any atom is 0.306 e. The highest BCUT2D eigenvalue weighted by atomic mass is 16.6. The number of carbonyl (C=O) groups is 3. The molecule has 0 radical (unpaired) electrons. The number of allylic oxidation sites excluding steroid dienone is 14. The summed E-state index contributed by atoms with van der Waals surface area (Å²) >= 11 is 0. The minimum atomic E-state index is -0.787. The number of carbonyl (C=O) groups excluding carboxylic acids is 3. The van der Waals surface area contributed by atoms with Gasteiger partial charge in [0.25, 0.3) is 0 Å². The summed E-state index contributed by atoms with van der Waals surface area (Å²) in [5.74, 6) is -0.884. The zero-order valence-electron chi connectivity index (χ0n) is 54.5. The van der Waals surface area contributed by atoms with Gasteiger partial charge >= 0.3 is 17.9 Å². The van der Waals surface area contributed by atoms with Gasteiger partial charge in [-0.3, -0.25) is 14.4 Å². The maximum absolute atomic E-state index is 13.0. The first-order valence-electron chi connectivity index (χ1n) is 35.6. The van der Waals surface area contributed by atoms with Gasteiger partial charge in [0.1, 0.15) is 13.2 Å². The molecule has 0 saturated heterocycles. The molecular weight excluding hydrogens is 1010 g/mol. The van der Waals surface area contributed by atoms with Crippen molar-refractivity contribution in [2.45, 2.75) is 367 Å². The van der Waals surface area contributed by atoms with Crippen molar-refractivity contribution in [2.24, 2.45) is 0 Å². The van der Waals surface area contributed by atoms with E-state index in [9.17, 15) is 14.4 Å². The Balaban J connectivity index is 4.36. The van der Waals surface area contributed by atoms with Crippen LogP contribution in [0.15, 0.2) is 85.1 Å². The normalized spacial score (nSPS) is 12.6. The van der Waals surface area contributed by atoms with Crippen molar-refractivity contribution in [3.8, 4) is 0 Å². The van der Waals surface area contributed by atoms with Crippen molar-refractivity contribution in [3.05, 3.63) is 85.1 Å². The molecule has 0 aromatic heterocycles. The molecule has 0 amide bonds. The highest BCUT2D eigenvalue weighted by molar-refractivity contribution is 5.71. The minimum absolute atomic E-state index is 0.0823. The Labute approximate surface area is 509 Å². The Morgan fingerprint density at radius 3 is 0.756 bits per heavy atom. The van der Waals surface area contributed by atoms with Crippen LogP contribution in [-0.2, 0) is 28.6 Å². The van der Waals surface area contributed by atoms with E-state index in [4.69, 9.17) is 14.2 Å². The van der Waals surface area contributed by atoms with Crippen molar-refractivity contribution in [1.29, 1.82) is 0 Å². The van der Waals surface area contributed by atoms with E-state index in [0.29, 0.717) is 19.3 Å². The molecule has 0 rings (SSSR count). The fourth-order valence-electron chi connectivity index (χ4n) is 10.3. The number of unbranched alkanes of at least 4 members (excludes halogenated alkanes) is 40. The van der Waals surface area contributed by atoms with E-state index in [-0.39, 0.29) is 31.1 Å². The van der Waals surface area contributed by atoms with Crippen LogP contribution in [0, 0.1) is 0 Å². The molecule has 0 aromatic carbocycles. The third kappa shape index (κ3) is 67.4. The van der Waals surface area contributed by atoms with Gasteiger partial charge in [-0.1, -0.05) is 331 Å². The van der Waals surface area contributed by atoms with Gasteiger partial charge in [0.05, 0.1) is 0 Å². The van der Waals surface area contributed by atoms with Crippen molar-refractivity contribution in [2.75, 3.05) is 13.2 Å². The third-order valence-corrected chi connectivity index (χ3v) is 15.6. The van der Waals surface area contributed by atoms with Crippen LogP contribution in [0.4, 0.5) is 0 Å². The second-order valence-electron chi connectivity index (χ2n) is 23.8. The maximum atomic E-state index is 13.0.